The number of alkyl halides is 1. The van der Waals surface area contributed by atoms with Crippen molar-refractivity contribution in [3.8, 4) is 0 Å². The Hall–Kier alpha value is -0.0700. The molecular formula is C12H25F. The van der Waals surface area contributed by atoms with Gasteiger partial charge in [-0.1, -0.05) is 52.9 Å². The second-order valence-corrected chi connectivity index (χ2v) is 4.21. The van der Waals surface area contributed by atoms with E-state index in [0.29, 0.717) is 0 Å². The molecule has 0 saturated heterocycles. The predicted molar refractivity (Wildman–Crippen MR) is 57.7 cm³/mol. The number of rotatable bonds is 8. The van der Waals surface area contributed by atoms with Crippen LogP contribution in [-0.2, 0) is 0 Å². The van der Waals surface area contributed by atoms with Crippen LogP contribution < -0.4 is 0 Å². The van der Waals surface area contributed by atoms with Crippen LogP contribution in [0.3, 0.4) is 0 Å². The highest BCUT2D eigenvalue weighted by Crippen LogP contribution is 2.17. The molecule has 0 fully saturated rings. The molecule has 0 amide bonds. The number of hydrogen-bond acceptors (Lipinski definition) is 0. The van der Waals surface area contributed by atoms with E-state index >= 15 is 0 Å². The normalized spacial score (nSPS) is 15.7. The molecule has 2 unspecified atom stereocenters. The lowest BCUT2D eigenvalue weighted by Gasteiger charge is -2.10. The maximum atomic E-state index is 13.0. The molecule has 0 spiro atoms. The minimum atomic E-state index is -0.543. The first kappa shape index (κ1) is 12.9. The van der Waals surface area contributed by atoms with E-state index in [2.05, 4.69) is 13.8 Å². The van der Waals surface area contributed by atoms with Crippen molar-refractivity contribution >= 4 is 0 Å². The molecule has 0 aromatic carbocycles. The fraction of sp³-hybridized carbons (Fsp3) is 1.00. The largest absolute Gasteiger partial charge is 0.247 e. The van der Waals surface area contributed by atoms with Crippen molar-refractivity contribution in [1.82, 2.24) is 0 Å². The van der Waals surface area contributed by atoms with Gasteiger partial charge in [0.2, 0.25) is 0 Å². The van der Waals surface area contributed by atoms with Crippen molar-refractivity contribution in [2.75, 3.05) is 0 Å². The van der Waals surface area contributed by atoms with Crippen LogP contribution in [0.25, 0.3) is 0 Å². The highest BCUT2D eigenvalue weighted by atomic mass is 19.1. The summed E-state index contributed by atoms with van der Waals surface area (Å²) in [6.07, 6.45) is 6.80. The van der Waals surface area contributed by atoms with Crippen molar-refractivity contribution in [1.29, 1.82) is 0 Å². The average Bonchev–Trinajstić information content (AvgIpc) is 2.05. The summed E-state index contributed by atoms with van der Waals surface area (Å²) in [6, 6.07) is 0. The predicted octanol–water partition coefficient (Wildman–Crippen LogP) is 4.73. The Morgan fingerprint density at radius 1 is 0.923 bits per heavy atom. The van der Waals surface area contributed by atoms with E-state index in [4.69, 9.17) is 0 Å². The summed E-state index contributed by atoms with van der Waals surface area (Å²) in [4.78, 5) is 0. The fourth-order valence-electron chi connectivity index (χ4n) is 1.78. The molecule has 0 aliphatic heterocycles. The standard InChI is InChI=1S/C12H25F/c1-4-7-11(3)9-6-10-12(13)8-5-2/h11-12H,4-10H2,1-3H3. The average molecular weight is 188 g/mol. The monoisotopic (exact) mass is 188 g/mol. The molecule has 0 aliphatic carbocycles. The van der Waals surface area contributed by atoms with Gasteiger partial charge in [-0.05, 0) is 18.8 Å². The zero-order valence-corrected chi connectivity index (χ0v) is 9.48. The van der Waals surface area contributed by atoms with Gasteiger partial charge in [0.15, 0.2) is 0 Å². The minimum Gasteiger partial charge on any atom is -0.247 e. The van der Waals surface area contributed by atoms with Crippen LogP contribution in [-0.4, -0.2) is 6.17 Å². The maximum Gasteiger partial charge on any atom is 0.100 e. The summed E-state index contributed by atoms with van der Waals surface area (Å²) in [6.45, 7) is 6.54. The summed E-state index contributed by atoms with van der Waals surface area (Å²) >= 11 is 0. The van der Waals surface area contributed by atoms with Gasteiger partial charge in [-0.25, -0.2) is 4.39 Å². The lowest BCUT2D eigenvalue weighted by Crippen LogP contribution is -2.01. The molecule has 80 valence electrons. The van der Waals surface area contributed by atoms with Gasteiger partial charge in [-0.3, -0.25) is 0 Å². The van der Waals surface area contributed by atoms with Crippen molar-refractivity contribution in [3.05, 3.63) is 0 Å². The van der Waals surface area contributed by atoms with E-state index in [1.54, 1.807) is 0 Å². The molecule has 0 aromatic heterocycles. The molecule has 0 nitrogen and oxygen atoms in total. The van der Waals surface area contributed by atoms with E-state index in [-0.39, 0.29) is 0 Å². The van der Waals surface area contributed by atoms with E-state index in [0.717, 1.165) is 31.6 Å². The Morgan fingerprint density at radius 2 is 1.54 bits per heavy atom. The number of hydrogen-bond donors (Lipinski definition) is 0. The fourth-order valence-corrected chi connectivity index (χ4v) is 1.78. The van der Waals surface area contributed by atoms with Gasteiger partial charge in [0.05, 0.1) is 0 Å². The van der Waals surface area contributed by atoms with Crippen molar-refractivity contribution < 1.29 is 4.39 Å². The lowest BCUT2D eigenvalue weighted by molar-refractivity contribution is 0.279. The van der Waals surface area contributed by atoms with Crippen LogP contribution in [0, 0.1) is 5.92 Å². The Morgan fingerprint density at radius 3 is 2.08 bits per heavy atom. The lowest BCUT2D eigenvalue weighted by atomic mass is 9.98. The molecule has 0 aromatic rings. The summed E-state index contributed by atoms with van der Waals surface area (Å²) in [5.74, 6) is 0.791. The third-order valence-corrected chi connectivity index (χ3v) is 2.60. The molecule has 1 heteroatoms. The molecule has 0 saturated carbocycles. The van der Waals surface area contributed by atoms with Crippen LogP contribution in [0.4, 0.5) is 4.39 Å². The smallest absolute Gasteiger partial charge is 0.100 e. The first-order valence-corrected chi connectivity index (χ1v) is 5.84. The maximum absolute atomic E-state index is 13.0. The SMILES string of the molecule is CCCC(C)CCCC(F)CCC. The summed E-state index contributed by atoms with van der Waals surface area (Å²) in [5.41, 5.74) is 0. The molecule has 13 heavy (non-hydrogen) atoms. The van der Waals surface area contributed by atoms with Gasteiger partial charge in [0.1, 0.15) is 6.17 Å². The van der Waals surface area contributed by atoms with Gasteiger partial charge < -0.3 is 0 Å². The van der Waals surface area contributed by atoms with Crippen LogP contribution >= 0.6 is 0 Å². The zero-order valence-electron chi connectivity index (χ0n) is 9.48. The Kier molecular flexibility index (Phi) is 8.48. The number of halogens is 1. The minimum absolute atomic E-state index is 0.543. The molecule has 0 N–H and O–H groups in total. The molecule has 0 aliphatic rings. The van der Waals surface area contributed by atoms with Crippen LogP contribution in [0.5, 0.6) is 0 Å². The van der Waals surface area contributed by atoms with Crippen LogP contribution in [0.2, 0.25) is 0 Å². The van der Waals surface area contributed by atoms with Crippen LogP contribution in [0.15, 0.2) is 0 Å². The summed E-state index contributed by atoms with van der Waals surface area (Å²) in [5, 5.41) is 0. The van der Waals surface area contributed by atoms with Gasteiger partial charge in [0.25, 0.3) is 0 Å². The zero-order chi connectivity index (χ0) is 10.1. The summed E-state index contributed by atoms with van der Waals surface area (Å²) < 4.78 is 13.0. The van der Waals surface area contributed by atoms with Gasteiger partial charge in [-0.2, -0.15) is 0 Å². The quantitative estimate of drug-likeness (QED) is 0.516. The highest BCUT2D eigenvalue weighted by Gasteiger charge is 2.06. The van der Waals surface area contributed by atoms with Crippen molar-refractivity contribution in [2.45, 2.75) is 71.9 Å². The molecule has 0 bridgehead atoms. The second kappa shape index (κ2) is 8.52. The van der Waals surface area contributed by atoms with E-state index in [1.807, 2.05) is 6.92 Å². The Bertz CT molecular complexity index is 89.3. The summed E-state index contributed by atoms with van der Waals surface area (Å²) in [7, 11) is 0. The van der Waals surface area contributed by atoms with Crippen LogP contribution in [0.1, 0.15) is 65.7 Å². The highest BCUT2D eigenvalue weighted by molar-refractivity contribution is 4.58. The molecule has 0 rings (SSSR count). The Balaban J connectivity index is 3.23. The first-order valence-electron chi connectivity index (χ1n) is 5.84. The van der Waals surface area contributed by atoms with Gasteiger partial charge >= 0.3 is 0 Å². The van der Waals surface area contributed by atoms with Gasteiger partial charge in [-0.15, -0.1) is 0 Å². The second-order valence-electron chi connectivity index (χ2n) is 4.21. The molecular weight excluding hydrogens is 163 g/mol. The molecule has 2 atom stereocenters. The van der Waals surface area contributed by atoms with E-state index in [1.165, 1.54) is 19.3 Å². The molecule has 0 heterocycles. The van der Waals surface area contributed by atoms with E-state index < -0.39 is 6.17 Å². The van der Waals surface area contributed by atoms with Crippen molar-refractivity contribution in [3.63, 3.8) is 0 Å². The third kappa shape index (κ3) is 8.27. The van der Waals surface area contributed by atoms with E-state index in [9.17, 15) is 4.39 Å². The topological polar surface area (TPSA) is 0 Å². The molecule has 0 radical (unpaired) electrons. The van der Waals surface area contributed by atoms with Gasteiger partial charge in [0, 0.05) is 0 Å². The first-order chi connectivity index (χ1) is 6.20. The third-order valence-electron chi connectivity index (χ3n) is 2.60. The van der Waals surface area contributed by atoms with Crippen molar-refractivity contribution in [2.24, 2.45) is 5.92 Å². The Labute approximate surface area is 82.9 Å².